The summed E-state index contributed by atoms with van der Waals surface area (Å²) in [6.45, 7) is 3.90. The molecule has 6 heteroatoms. The van der Waals surface area contributed by atoms with Crippen molar-refractivity contribution in [3.05, 3.63) is 54.4 Å². The molecule has 2 fully saturated rings. The van der Waals surface area contributed by atoms with Crippen molar-refractivity contribution in [1.82, 2.24) is 14.8 Å². The monoisotopic (exact) mass is 423 g/mol. The molecule has 6 nitrogen and oxygen atoms in total. The Morgan fingerprint density at radius 1 is 0.935 bits per heavy atom. The molecule has 2 aliphatic heterocycles. The Morgan fingerprint density at radius 2 is 1.61 bits per heavy atom. The predicted molar refractivity (Wildman–Crippen MR) is 120 cm³/mol. The van der Waals surface area contributed by atoms with Gasteiger partial charge in [-0.3, -0.25) is 14.7 Å². The van der Waals surface area contributed by atoms with Gasteiger partial charge in [-0.2, -0.15) is 0 Å². The minimum atomic E-state index is 0.277. The topological polar surface area (TPSA) is 54.9 Å². The number of nitrogens with zero attached hydrogens (tertiary/aromatic N) is 3. The normalized spacial score (nSPS) is 18.7. The van der Waals surface area contributed by atoms with Crippen LogP contribution in [-0.4, -0.2) is 66.1 Å². The summed E-state index contributed by atoms with van der Waals surface area (Å²) in [4.78, 5) is 21.4. The molecule has 0 radical (unpaired) electrons. The molecule has 0 unspecified atom stereocenters. The van der Waals surface area contributed by atoms with Gasteiger partial charge in [0.25, 0.3) is 0 Å². The van der Waals surface area contributed by atoms with Gasteiger partial charge < -0.3 is 14.4 Å². The van der Waals surface area contributed by atoms with Crippen LogP contribution in [0.1, 0.15) is 37.7 Å². The third-order valence-corrected chi connectivity index (χ3v) is 6.55. The van der Waals surface area contributed by atoms with Gasteiger partial charge in [-0.25, -0.2) is 0 Å². The molecule has 0 aliphatic carbocycles. The quantitative estimate of drug-likeness (QED) is 0.682. The van der Waals surface area contributed by atoms with Gasteiger partial charge in [-0.15, -0.1) is 0 Å². The van der Waals surface area contributed by atoms with Crippen molar-refractivity contribution in [2.24, 2.45) is 0 Å². The van der Waals surface area contributed by atoms with Crippen LogP contribution in [0, 0.1) is 0 Å². The van der Waals surface area contributed by atoms with E-state index in [9.17, 15) is 4.79 Å². The van der Waals surface area contributed by atoms with Crippen LogP contribution in [0.5, 0.6) is 11.5 Å². The predicted octanol–water partition coefficient (Wildman–Crippen LogP) is 3.56. The molecule has 3 heterocycles. The highest BCUT2D eigenvalue weighted by Gasteiger charge is 2.30. The summed E-state index contributed by atoms with van der Waals surface area (Å²) in [6.07, 6.45) is 9.47. The second-order valence-corrected chi connectivity index (χ2v) is 8.50. The summed E-state index contributed by atoms with van der Waals surface area (Å²) in [5, 5.41) is 0. The largest absolute Gasteiger partial charge is 0.497 e. The molecular weight excluding hydrogens is 390 g/mol. The van der Waals surface area contributed by atoms with E-state index in [0.29, 0.717) is 18.6 Å². The van der Waals surface area contributed by atoms with Gasteiger partial charge in [-0.05, 0) is 61.9 Å². The molecule has 1 amide bonds. The number of hydrogen-bond acceptors (Lipinski definition) is 5. The van der Waals surface area contributed by atoms with Crippen molar-refractivity contribution in [2.75, 3.05) is 33.3 Å². The number of carbonyl (C=O) groups excluding carboxylic acids is 1. The molecule has 4 rings (SSSR count). The fraction of sp³-hybridized carbons (Fsp3) is 0.520. The lowest BCUT2D eigenvalue weighted by molar-refractivity contribution is -0.132. The number of methoxy groups -OCH3 is 1. The Labute approximate surface area is 185 Å². The Kier molecular flexibility index (Phi) is 7.41. The van der Waals surface area contributed by atoms with Crippen LogP contribution < -0.4 is 9.47 Å². The van der Waals surface area contributed by atoms with Crippen LogP contribution >= 0.6 is 0 Å². The molecule has 0 saturated carbocycles. The average Bonchev–Trinajstić information content (AvgIpc) is 2.84. The number of pyridine rings is 1. The lowest BCUT2D eigenvalue weighted by Gasteiger charge is -2.41. The number of aryl methyl sites for hydroxylation is 1. The number of aromatic nitrogens is 1. The van der Waals surface area contributed by atoms with E-state index in [1.54, 1.807) is 19.5 Å². The molecule has 166 valence electrons. The Morgan fingerprint density at radius 3 is 2.26 bits per heavy atom. The molecule has 1 aromatic carbocycles. The van der Waals surface area contributed by atoms with Crippen molar-refractivity contribution in [3.8, 4) is 11.5 Å². The zero-order chi connectivity index (χ0) is 21.5. The van der Waals surface area contributed by atoms with Crippen LogP contribution in [0.3, 0.4) is 0 Å². The van der Waals surface area contributed by atoms with Crippen molar-refractivity contribution in [2.45, 2.75) is 50.7 Å². The maximum atomic E-state index is 12.7. The highest BCUT2D eigenvalue weighted by molar-refractivity contribution is 5.76. The van der Waals surface area contributed by atoms with Gasteiger partial charge in [0.1, 0.15) is 17.6 Å². The Bertz CT molecular complexity index is 812. The van der Waals surface area contributed by atoms with Gasteiger partial charge in [0, 0.05) is 51.0 Å². The fourth-order valence-corrected chi connectivity index (χ4v) is 4.65. The summed E-state index contributed by atoms with van der Waals surface area (Å²) in [6, 6.07) is 12.4. The summed E-state index contributed by atoms with van der Waals surface area (Å²) in [5.74, 6) is 2.04. The number of piperidine rings is 2. The summed E-state index contributed by atoms with van der Waals surface area (Å²) in [7, 11) is 1.67. The third kappa shape index (κ3) is 5.97. The van der Waals surface area contributed by atoms with Gasteiger partial charge in [0.05, 0.1) is 7.11 Å². The van der Waals surface area contributed by atoms with Gasteiger partial charge in [0.2, 0.25) is 5.91 Å². The second-order valence-electron chi connectivity index (χ2n) is 8.50. The molecule has 0 atom stereocenters. The highest BCUT2D eigenvalue weighted by Crippen LogP contribution is 2.24. The number of benzene rings is 1. The minimum absolute atomic E-state index is 0.277. The molecule has 1 aromatic heterocycles. The van der Waals surface area contributed by atoms with Gasteiger partial charge in [0.15, 0.2) is 0 Å². The zero-order valence-electron chi connectivity index (χ0n) is 18.4. The minimum Gasteiger partial charge on any atom is -0.497 e. The molecule has 0 N–H and O–H groups in total. The Hall–Kier alpha value is -2.60. The van der Waals surface area contributed by atoms with E-state index < -0.39 is 0 Å². The first-order valence-electron chi connectivity index (χ1n) is 11.4. The number of amides is 1. The number of ether oxygens (including phenoxy) is 2. The summed E-state index contributed by atoms with van der Waals surface area (Å²) < 4.78 is 11.3. The third-order valence-electron chi connectivity index (χ3n) is 6.55. The first-order chi connectivity index (χ1) is 15.2. The van der Waals surface area contributed by atoms with Gasteiger partial charge >= 0.3 is 0 Å². The van der Waals surface area contributed by atoms with E-state index in [4.69, 9.17) is 9.47 Å². The van der Waals surface area contributed by atoms with E-state index in [2.05, 4.69) is 14.8 Å². The number of likely N-dealkylation sites (tertiary alicyclic amines) is 2. The molecule has 31 heavy (non-hydrogen) atoms. The molecule has 2 saturated heterocycles. The number of hydrogen-bond donors (Lipinski definition) is 0. The second kappa shape index (κ2) is 10.6. The maximum absolute atomic E-state index is 12.7. The van der Waals surface area contributed by atoms with E-state index in [1.807, 2.05) is 36.4 Å². The van der Waals surface area contributed by atoms with E-state index in [1.165, 1.54) is 5.56 Å². The highest BCUT2D eigenvalue weighted by atomic mass is 16.5. The van der Waals surface area contributed by atoms with E-state index in [-0.39, 0.29) is 5.91 Å². The number of carbonyl (C=O) groups is 1. The molecule has 2 aromatic rings. The lowest BCUT2D eigenvalue weighted by atomic mass is 9.98. The first kappa shape index (κ1) is 21.6. The summed E-state index contributed by atoms with van der Waals surface area (Å²) >= 11 is 0. The number of rotatable bonds is 7. The standard InChI is InChI=1S/C25H33N3O3/c1-30-22-5-2-20(3-6-22)4-7-25(29)28-16-10-21(11-17-28)27-18-12-24(13-19-27)31-23-8-14-26-15-9-23/h2-3,5-6,8-9,14-15,21,24H,4,7,10-13,16-19H2,1H3. The SMILES string of the molecule is COc1ccc(CCC(=O)N2CCC(N3CCC(Oc4ccncc4)CC3)CC2)cc1. The Balaban J connectivity index is 1.16. The van der Waals surface area contributed by atoms with Crippen molar-refractivity contribution < 1.29 is 14.3 Å². The smallest absolute Gasteiger partial charge is 0.222 e. The van der Waals surface area contributed by atoms with Crippen LogP contribution in [-0.2, 0) is 11.2 Å². The maximum Gasteiger partial charge on any atom is 0.222 e. The fourth-order valence-electron chi connectivity index (χ4n) is 4.65. The van der Waals surface area contributed by atoms with Crippen LogP contribution in [0.15, 0.2) is 48.8 Å². The molecular formula is C25H33N3O3. The van der Waals surface area contributed by atoms with Crippen LogP contribution in [0.25, 0.3) is 0 Å². The van der Waals surface area contributed by atoms with Crippen LogP contribution in [0.4, 0.5) is 0 Å². The van der Waals surface area contributed by atoms with Crippen molar-refractivity contribution in [1.29, 1.82) is 0 Å². The van der Waals surface area contributed by atoms with Gasteiger partial charge in [-0.1, -0.05) is 12.1 Å². The summed E-state index contributed by atoms with van der Waals surface area (Å²) in [5.41, 5.74) is 1.18. The van der Waals surface area contributed by atoms with Crippen LogP contribution in [0.2, 0.25) is 0 Å². The average molecular weight is 424 g/mol. The molecule has 2 aliphatic rings. The van der Waals surface area contributed by atoms with Crippen molar-refractivity contribution >= 4 is 5.91 Å². The van der Waals surface area contributed by atoms with Crippen molar-refractivity contribution in [3.63, 3.8) is 0 Å². The van der Waals surface area contributed by atoms with E-state index >= 15 is 0 Å². The molecule has 0 spiro atoms. The van der Waals surface area contributed by atoms with E-state index in [0.717, 1.165) is 69.8 Å². The zero-order valence-corrected chi connectivity index (χ0v) is 18.4. The molecule has 0 bridgehead atoms. The first-order valence-corrected chi connectivity index (χ1v) is 11.4. The lowest BCUT2D eigenvalue weighted by Crippen LogP contribution is -2.50.